The Hall–Kier alpha value is -5.80. The zero-order valence-electron chi connectivity index (χ0n) is 23.9. The average Bonchev–Trinajstić information content (AvgIpc) is 3.09. The second kappa shape index (κ2) is 10.8. The molecule has 3 heteroatoms. The van der Waals surface area contributed by atoms with Crippen LogP contribution in [0.25, 0.3) is 54.6 Å². The van der Waals surface area contributed by atoms with Gasteiger partial charge in [-0.3, -0.25) is 4.90 Å². The van der Waals surface area contributed by atoms with Crippen molar-refractivity contribution in [3.8, 4) is 22.3 Å². The summed E-state index contributed by atoms with van der Waals surface area (Å²) >= 11 is 0. The van der Waals surface area contributed by atoms with Gasteiger partial charge in [0.1, 0.15) is 11.6 Å². The summed E-state index contributed by atoms with van der Waals surface area (Å²) in [5.41, 5.74) is 6.73. The lowest BCUT2D eigenvalue weighted by atomic mass is 9.85. The summed E-state index contributed by atoms with van der Waals surface area (Å²) in [6.07, 6.45) is 1.26. The first-order valence-corrected chi connectivity index (χ1v) is 14.7. The maximum atomic E-state index is 13.8. The molecule has 0 amide bonds. The van der Waals surface area contributed by atoms with Gasteiger partial charge in [-0.15, -0.1) is 0 Å². The van der Waals surface area contributed by atoms with Crippen molar-refractivity contribution < 1.29 is 4.39 Å². The number of aromatic nitrogens is 1. The molecule has 0 saturated carbocycles. The lowest BCUT2D eigenvalue weighted by Crippen LogP contribution is -2.11. The van der Waals surface area contributed by atoms with Crippen molar-refractivity contribution in [2.24, 2.45) is 0 Å². The molecule has 0 fully saturated rings. The molecule has 208 valence electrons. The number of nitrogens with zero attached hydrogens (tertiary/aromatic N) is 2. The Morgan fingerprint density at radius 1 is 0.432 bits per heavy atom. The smallest absolute Gasteiger partial charge is 0.141 e. The predicted molar refractivity (Wildman–Crippen MR) is 182 cm³/mol. The minimum Gasteiger partial charge on any atom is -0.295 e. The Bertz CT molecular complexity index is 2210. The van der Waals surface area contributed by atoms with Crippen LogP contribution in [0.1, 0.15) is 0 Å². The van der Waals surface area contributed by atoms with Crippen LogP contribution in [-0.4, -0.2) is 4.98 Å². The van der Waals surface area contributed by atoms with E-state index in [1.54, 1.807) is 6.07 Å². The summed E-state index contributed by atoms with van der Waals surface area (Å²) in [6, 6.07) is 54.5. The Balaban J connectivity index is 1.34. The molecule has 0 aliphatic carbocycles. The lowest BCUT2D eigenvalue weighted by Gasteiger charge is -2.24. The van der Waals surface area contributed by atoms with Gasteiger partial charge in [0.25, 0.3) is 0 Å². The highest BCUT2D eigenvalue weighted by molar-refractivity contribution is 6.23. The number of hydrogen-bond acceptors (Lipinski definition) is 2. The number of para-hydroxylation sites is 1. The number of hydrogen-bond donors (Lipinski definition) is 0. The van der Waals surface area contributed by atoms with Crippen molar-refractivity contribution >= 4 is 49.5 Å². The van der Waals surface area contributed by atoms with Gasteiger partial charge in [0.2, 0.25) is 0 Å². The maximum absolute atomic E-state index is 13.8. The predicted octanol–water partition coefficient (Wildman–Crippen LogP) is 11.5. The molecule has 0 N–H and O–H groups in total. The number of pyridine rings is 1. The van der Waals surface area contributed by atoms with Gasteiger partial charge in [0, 0.05) is 11.4 Å². The van der Waals surface area contributed by atoms with Crippen LogP contribution in [0.15, 0.2) is 164 Å². The van der Waals surface area contributed by atoms with Crippen LogP contribution in [0.3, 0.4) is 0 Å². The van der Waals surface area contributed by atoms with Gasteiger partial charge in [0.05, 0.1) is 6.20 Å². The van der Waals surface area contributed by atoms with E-state index in [9.17, 15) is 4.39 Å². The standard InChI is InChI=1S/C41H27FN2/c42-30-23-26-39(43-27-30)44(31-13-2-1-3-14-31)32-24-21-29(22-25-32)40-35-16-6-8-18-37(35)41(38-19-9-7-17-36(38)40)34-20-10-12-28-11-4-5-15-33(28)34/h1-27H. The second-order valence-electron chi connectivity index (χ2n) is 10.9. The number of benzene rings is 7. The average molecular weight is 567 g/mol. The molecular weight excluding hydrogens is 539 g/mol. The van der Waals surface area contributed by atoms with E-state index in [0.717, 1.165) is 16.9 Å². The van der Waals surface area contributed by atoms with Gasteiger partial charge in [-0.2, -0.15) is 0 Å². The molecule has 0 saturated heterocycles. The first-order chi connectivity index (χ1) is 21.8. The monoisotopic (exact) mass is 566 g/mol. The molecule has 1 aromatic heterocycles. The minimum atomic E-state index is -0.359. The van der Waals surface area contributed by atoms with Gasteiger partial charge in [-0.05, 0) is 91.0 Å². The van der Waals surface area contributed by atoms with Crippen molar-refractivity contribution in [1.29, 1.82) is 0 Å². The van der Waals surface area contributed by atoms with Crippen LogP contribution >= 0.6 is 0 Å². The molecule has 1 heterocycles. The molecular formula is C41H27FN2. The maximum Gasteiger partial charge on any atom is 0.141 e. The van der Waals surface area contributed by atoms with E-state index in [4.69, 9.17) is 0 Å². The quantitative estimate of drug-likeness (QED) is 0.193. The number of anilines is 3. The van der Waals surface area contributed by atoms with Gasteiger partial charge in [0.15, 0.2) is 0 Å². The summed E-state index contributed by atoms with van der Waals surface area (Å²) in [4.78, 5) is 6.45. The third-order valence-electron chi connectivity index (χ3n) is 8.36. The zero-order valence-corrected chi connectivity index (χ0v) is 23.9. The fraction of sp³-hybridized carbons (Fsp3) is 0. The SMILES string of the molecule is Fc1ccc(N(c2ccccc2)c2ccc(-c3c4ccccc4c(-c4cccc5ccccc45)c4ccccc34)cc2)nc1. The van der Waals surface area contributed by atoms with Crippen LogP contribution in [0, 0.1) is 5.82 Å². The Kier molecular flexibility index (Phi) is 6.35. The molecule has 8 aromatic rings. The fourth-order valence-corrected chi connectivity index (χ4v) is 6.44. The Labute approximate surface area is 255 Å². The summed E-state index contributed by atoms with van der Waals surface area (Å²) < 4.78 is 13.8. The van der Waals surface area contributed by atoms with E-state index < -0.39 is 0 Å². The van der Waals surface area contributed by atoms with Crippen LogP contribution in [0.4, 0.5) is 21.6 Å². The summed E-state index contributed by atoms with van der Waals surface area (Å²) in [5, 5.41) is 7.35. The van der Waals surface area contributed by atoms with E-state index >= 15 is 0 Å². The molecule has 0 spiro atoms. The van der Waals surface area contributed by atoms with E-state index in [1.807, 2.05) is 35.2 Å². The number of fused-ring (bicyclic) bond motifs is 3. The highest BCUT2D eigenvalue weighted by atomic mass is 19.1. The lowest BCUT2D eigenvalue weighted by molar-refractivity contribution is 0.621. The summed E-state index contributed by atoms with van der Waals surface area (Å²) in [5.74, 6) is 0.295. The van der Waals surface area contributed by atoms with E-state index in [-0.39, 0.29) is 5.82 Å². The first kappa shape index (κ1) is 25.9. The van der Waals surface area contributed by atoms with Crippen LogP contribution in [0.2, 0.25) is 0 Å². The first-order valence-electron chi connectivity index (χ1n) is 14.7. The van der Waals surface area contributed by atoms with Gasteiger partial charge in [-0.1, -0.05) is 121 Å². The molecule has 0 aliphatic rings. The van der Waals surface area contributed by atoms with Crippen LogP contribution < -0.4 is 4.90 Å². The van der Waals surface area contributed by atoms with Crippen LogP contribution in [0.5, 0.6) is 0 Å². The largest absolute Gasteiger partial charge is 0.295 e. The van der Waals surface area contributed by atoms with Crippen molar-refractivity contribution in [2.45, 2.75) is 0 Å². The molecule has 0 atom stereocenters. The van der Waals surface area contributed by atoms with Gasteiger partial charge < -0.3 is 0 Å². The van der Waals surface area contributed by atoms with Crippen molar-refractivity contribution in [1.82, 2.24) is 4.98 Å². The Morgan fingerprint density at radius 2 is 0.977 bits per heavy atom. The highest BCUT2D eigenvalue weighted by Crippen LogP contribution is 2.45. The number of halogens is 1. The molecule has 0 unspecified atom stereocenters. The van der Waals surface area contributed by atoms with Gasteiger partial charge in [-0.25, -0.2) is 9.37 Å². The third kappa shape index (κ3) is 4.38. The Morgan fingerprint density at radius 3 is 1.61 bits per heavy atom. The topological polar surface area (TPSA) is 16.1 Å². The summed E-state index contributed by atoms with van der Waals surface area (Å²) in [6.45, 7) is 0. The van der Waals surface area contributed by atoms with Gasteiger partial charge >= 0.3 is 0 Å². The molecule has 7 aromatic carbocycles. The zero-order chi connectivity index (χ0) is 29.5. The van der Waals surface area contributed by atoms with E-state index in [2.05, 4.69) is 120 Å². The fourth-order valence-electron chi connectivity index (χ4n) is 6.44. The van der Waals surface area contributed by atoms with E-state index in [0.29, 0.717) is 5.82 Å². The van der Waals surface area contributed by atoms with Crippen molar-refractivity contribution in [3.05, 3.63) is 170 Å². The molecule has 0 radical (unpaired) electrons. The molecule has 44 heavy (non-hydrogen) atoms. The van der Waals surface area contributed by atoms with E-state index in [1.165, 1.54) is 61.3 Å². The summed E-state index contributed by atoms with van der Waals surface area (Å²) in [7, 11) is 0. The second-order valence-corrected chi connectivity index (χ2v) is 10.9. The normalized spacial score (nSPS) is 11.3. The van der Waals surface area contributed by atoms with Crippen LogP contribution in [-0.2, 0) is 0 Å². The number of rotatable bonds is 5. The molecule has 2 nitrogen and oxygen atoms in total. The molecule has 0 aliphatic heterocycles. The third-order valence-corrected chi connectivity index (χ3v) is 8.36. The molecule has 8 rings (SSSR count). The minimum absolute atomic E-state index is 0.359. The van der Waals surface area contributed by atoms with Crippen molar-refractivity contribution in [3.63, 3.8) is 0 Å². The molecule has 0 bridgehead atoms. The van der Waals surface area contributed by atoms with Crippen molar-refractivity contribution in [2.75, 3.05) is 4.90 Å². The highest BCUT2D eigenvalue weighted by Gasteiger charge is 2.19.